The topological polar surface area (TPSA) is 101 Å². The molecule has 1 amide bonds. The van der Waals surface area contributed by atoms with E-state index < -0.39 is 22.9 Å². The van der Waals surface area contributed by atoms with E-state index in [0.717, 1.165) is 24.5 Å². The summed E-state index contributed by atoms with van der Waals surface area (Å²) in [6.07, 6.45) is 5.06. The Labute approximate surface area is 179 Å². The van der Waals surface area contributed by atoms with Crippen molar-refractivity contribution in [3.63, 3.8) is 0 Å². The number of carbonyl (C=O) groups excluding carboxylic acids is 1. The Balaban J connectivity index is 1.64. The maximum absolute atomic E-state index is 14.7. The molecule has 0 unspecified atom stereocenters. The Morgan fingerprint density at radius 1 is 1.19 bits per heavy atom. The lowest BCUT2D eigenvalue weighted by Crippen LogP contribution is -2.37. The van der Waals surface area contributed by atoms with Crippen molar-refractivity contribution in [2.24, 2.45) is 5.41 Å². The molecule has 3 aromatic rings. The molecule has 2 N–H and O–H groups in total. The van der Waals surface area contributed by atoms with E-state index in [1.807, 2.05) is 32.9 Å². The number of H-pyrrole nitrogens is 1. The molecule has 1 atom stereocenters. The van der Waals surface area contributed by atoms with Crippen molar-refractivity contribution in [2.45, 2.75) is 45.6 Å². The summed E-state index contributed by atoms with van der Waals surface area (Å²) >= 11 is 0. The van der Waals surface area contributed by atoms with Crippen LogP contribution < -0.4 is 10.9 Å². The van der Waals surface area contributed by atoms with Crippen molar-refractivity contribution < 1.29 is 9.18 Å². The van der Waals surface area contributed by atoms with E-state index in [9.17, 15) is 14.0 Å². The van der Waals surface area contributed by atoms with Gasteiger partial charge in [-0.2, -0.15) is 0 Å². The molecular weight excluding hydrogens is 397 g/mol. The number of benzene rings is 1. The van der Waals surface area contributed by atoms with E-state index in [4.69, 9.17) is 0 Å². The number of amides is 1. The molecule has 0 spiro atoms. The van der Waals surface area contributed by atoms with E-state index in [0.29, 0.717) is 11.5 Å². The fourth-order valence-electron chi connectivity index (χ4n) is 3.55. The van der Waals surface area contributed by atoms with Crippen LogP contribution in [0.2, 0.25) is 0 Å². The summed E-state index contributed by atoms with van der Waals surface area (Å²) in [6.45, 7) is 5.87. The first-order valence-electron chi connectivity index (χ1n) is 10.2. The third-order valence-corrected chi connectivity index (χ3v) is 5.27. The van der Waals surface area contributed by atoms with Crippen LogP contribution in [0.25, 0.3) is 11.6 Å². The summed E-state index contributed by atoms with van der Waals surface area (Å²) in [5, 5.41) is 2.93. The van der Waals surface area contributed by atoms with Crippen LogP contribution in [0.4, 0.5) is 4.39 Å². The lowest BCUT2D eigenvalue weighted by atomic mass is 9.82. The van der Waals surface area contributed by atoms with Crippen LogP contribution in [0.3, 0.4) is 0 Å². The Kier molecular flexibility index (Phi) is 5.39. The number of carbonyl (C=O) groups is 1. The van der Waals surface area contributed by atoms with Crippen molar-refractivity contribution >= 4 is 5.91 Å². The Morgan fingerprint density at radius 2 is 1.90 bits per heavy atom. The van der Waals surface area contributed by atoms with Gasteiger partial charge in [0.05, 0.1) is 6.04 Å². The molecule has 0 bridgehead atoms. The molecule has 1 aliphatic carbocycles. The van der Waals surface area contributed by atoms with Crippen LogP contribution in [0.15, 0.2) is 47.5 Å². The van der Waals surface area contributed by atoms with Gasteiger partial charge in [-0.15, -0.1) is 0 Å². The minimum Gasteiger partial charge on any atom is -0.343 e. The monoisotopic (exact) mass is 421 g/mol. The summed E-state index contributed by atoms with van der Waals surface area (Å²) in [7, 11) is 0. The minimum atomic E-state index is -0.533. The third-order valence-electron chi connectivity index (χ3n) is 5.27. The number of nitrogens with zero attached hydrogens (tertiary/aromatic N) is 3. The van der Waals surface area contributed by atoms with Gasteiger partial charge in [0.25, 0.3) is 11.5 Å². The second kappa shape index (κ2) is 8.02. The number of hydrogen-bond donors (Lipinski definition) is 2. The SMILES string of the molecule is CC(C)(C)[C@@H](NC(=O)c1cc(=O)[nH]c(-c2ncccn2)n1)c1ccc(C2CC2)c(F)c1. The lowest BCUT2D eigenvalue weighted by Gasteiger charge is -2.32. The van der Waals surface area contributed by atoms with Gasteiger partial charge in [0, 0.05) is 18.5 Å². The number of aromatic amines is 1. The van der Waals surface area contributed by atoms with Crippen molar-refractivity contribution in [3.05, 3.63) is 75.7 Å². The first-order valence-corrected chi connectivity index (χ1v) is 10.2. The highest BCUT2D eigenvalue weighted by Crippen LogP contribution is 2.42. The van der Waals surface area contributed by atoms with Crippen LogP contribution in [0.5, 0.6) is 0 Å². The minimum absolute atomic E-state index is 0.0597. The molecular formula is C23H24FN5O2. The number of rotatable bonds is 5. The molecule has 0 radical (unpaired) electrons. The van der Waals surface area contributed by atoms with Gasteiger partial charge in [0.15, 0.2) is 11.6 Å². The highest BCUT2D eigenvalue weighted by atomic mass is 19.1. The van der Waals surface area contributed by atoms with Crippen LogP contribution >= 0.6 is 0 Å². The summed E-state index contributed by atoms with van der Waals surface area (Å²) in [5.41, 5.74) is 0.437. The van der Waals surface area contributed by atoms with Gasteiger partial charge in [-0.05, 0) is 47.4 Å². The Hall–Kier alpha value is -3.42. The smallest absolute Gasteiger partial charge is 0.270 e. The quantitative estimate of drug-likeness (QED) is 0.653. The van der Waals surface area contributed by atoms with E-state index in [1.165, 1.54) is 18.5 Å². The van der Waals surface area contributed by atoms with Crippen LogP contribution in [-0.4, -0.2) is 25.8 Å². The van der Waals surface area contributed by atoms with E-state index >= 15 is 0 Å². The highest BCUT2D eigenvalue weighted by molar-refractivity contribution is 5.92. The molecule has 0 aliphatic heterocycles. The standard InChI is InChI=1S/C23H24FN5O2/c1-23(2,3)19(14-7-8-15(13-5-6-13)16(24)11-14)29-22(31)17-12-18(30)28-21(27-17)20-25-9-4-10-26-20/h4,7-13,19H,5-6H2,1-3H3,(H,29,31)(H,27,28,30)/t19-/m0/s1. The second-order valence-electron chi connectivity index (χ2n) is 8.88. The predicted octanol–water partition coefficient (Wildman–Crippen LogP) is 3.76. The zero-order valence-corrected chi connectivity index (χ0v) is 17.6. The fraction of sp³-hybridized carbons (Fsp3) is 0.348. The average Bonchev–Trinajstić information content (AvgIpc) is 3.56. The van der Waals surface area contributed by atoms with Gasteiger partial charge in [-0.25, -0.2) is 19.3 Å². The molecule has 1 saturated carbocycles. The first kappa shape index (κ1) is 20.8. The molecule has 0 saturated heterocycles. The van der Waals surface area contributed by atoms with Crippen molar-refractivity contribution in [3.8, 4) is 11.6 Å². The average molecular weight is 421 g/mol. The van der Waals surface area contributed by atoms with Gasteiger partial charge in [0.2, 0.25) is 0 Å². The van der Waals surface area contributed by atoms with E-state index in [-0.39, 0.29) is 23.2 Å². The van der Waals surface area contributed by atoms with Crippen molar-refractivity contribution in [1.82, 2.24) is 25.3 Å². The number of nitrogens with one attached hydrogen (secondary N) is 2. The largest absolute Gasteiger partial charge is 0.343 e. The predicted molar refractivity (Wildman–Crippen MR) is 114 cm³/mol. The Bertz CT molecular complexity index is 1170. The van der Waals surface area contributed by atoms with Crippen molar-refractivity contribution in [2.75, 3.05) is 0 Å². The highest BCUT2D eigenvalue weighted by Gasteiger charge is 2.31. The molecule has 31 heavy (non-hydrogen) atoms. The Morgan fingerprint density at radius 3 is 2.52 bits per heavy atom. The van der Waals surface area contributed by atoms with Gasteiger partial charge in [-0.1, -0.05) is 32.9 Å². The van der Waals surface area contributed by atoms with Crippen molar-refractivity contribution in [1.29, 1.82) is 0 Å². The van der Waals surface area contributed by atoms with Gasteiger partial charge >= 0.3 is 0 Å². The summed E-state index contributed by atoms with van der Waals surface area (Å²) in [6, 6.07) is 7.45. The van der Waals surface area contributed by atoms with Gasteiger partial charge in [-0.3, -0.25) is 9.59 Å². The molecule has 1 fully saturated rings. The molecule has 1 aromatic carbocycles. The molecule has 4 rings (SSSR count). The fourth-order valence-corrected chi connectivity index (χ4v) is 3.55. The maximum Gasteiger partial charge on any atom is 0.270 e. The molecule has 8 heteroatoms. The molecule has 160 valence electrons. The normalized spacial score (nSPS) is 14.8. The maximum atomic E-state index is 14.7. The first-order chi connectivity index (χ1) is 14.7. The van der Waals surface area contributed by atoms with Crippen LogP contribution in [-0.2, 0) is 0 Å². The zero-order valence-electron chi connectivity index (χ0n) is 17.6. The summed E-state index contributed by atoms with van der Waals surface area (Å²) < 4.78 is 14.7. The van der Waals surface area contributed by atoms with Crippen LogP contribution in [0, 0.1) is 11.2 Å². The van der Waals surface area contributed by atoms with Gasteiger partial charge < -0.3 is 10.3 Å². The van der Waals surface area contributed by atoms with Crippen LogP contribution in [0.1, 0.15) is 67.2 Å². The summed E-state index contributed by atoms with van der Waals surface area (Å²) in [5.74, 6) is -0.170. The summed E-state index contributed by atoms with van der Waals surface area (Å²) in [4.78, 5) is 40.0. The molecule has 7 nitrogen and oxygen atoms in total. The number of halogens is 1. The second-order valence-corrected chi connectivity index (χ2v) is 8.88. The number of aromatic nitrogens is 4. The third kappa shape index (κ3) is 4.68. The lowest BCUT2D eigenvalue weighted by molar-refractivity contribution is 0.0896. The van der Waals surface area contributed by atoms with E-state index in [2.05, 4.69) is 25.3 Å². The van der Waals surface area contributed by atoms with E-state index in [1.54, 1.807) is 6.07 Å². The molecule has 1 aliphatic rings. The molecule has 2 aromatic heterocycles. The molecule has 2 heterocycles. The zero-order chi connectivity index (χ0) is 22.2. The van der Waals surface area contributed by atoms with Gasteiger partial charge in [0.1, 0.15) is 11.5 Å². The number of hydrogen-bond acceptors (Lipinski definition) is 5.